The molecular weight excluding hydrogens is 210 g/mol. The smallest absolute Gasteiger partial charge is 0.212 e. The van der Waals surface area contributed by atoms with E-state index in [-0.39, 0.29) is 5.25 Å². The molecule has 1 fully saturated rings. The number of hydrogen-bond acceptors (Lipinski definition) is 2. The molecule has 1 aliphatic carbocycles. The van der Waals surface area contributed by atoms with Gasteiger partial charge in [-0.3, -0.25) is 0 Å². The molecule has 0 bridgehead atoms. The number of sulfonamides is 1. The monoisotopic (exact) mass is 233 g/mol. The molecule has 1 rings (SSSR count). The van der Waals surface area contributed by atoms with Crippen LogP contribution in [0.5, 0.6) is 0 Å². The average molecular weight is 233 g/mol. The van der Waals surface area contributed by atoms with Gasteiger partial charge in [0.05, 0.1) is 5.25 Å². The van der Waals surface area contributed by atoms with Crippen molar-refractivity contribution in [2.45, 2.75) is 51.2 Å². The molecule has 0 saturated heterocycles. The van der Waals surface area contributed by atoms with Crippen molar-refractivity contribution < 1.29 is 8.42 Å². The Morgan fingerprint density at radius 2 is 1.73 bits per heavy atom. The molecule has 0 heterocycles. The second-order valence-corrected chi connectivity index (χ2v) is 7.47. The Hall–Kier alpha value is -0.0900. The van der Waals surface area contributed by atoms with E-state index in [0.29, 0.717) is 12.5 Å². The van der Waals surface area contributed by atoms with Gasteiger partial charge in [0.25, 0.3) is 0 Å². The number of hydrogen-bond donors (Lipinski definition) is 0. The maximum Gasteiger partial charge on any atom is 0.216 e. The van der Waals surface area contributed by atoms with E-state index in [4.69, 9.17) is 0 Å². The first-order valence-corrected chi connectivity index (χ1v) is 7.40. The fourth-order valence-electron chi connectivity index (χ4n) is 2.20. The molecule has 0 N–H and O–H groups in total. The third-order valence-electron chi connectivity index (χ3n) is 3.27. The van der Waals surface area contributed by atoms with Gasteiger partial charge >= 0.3 is 0 Å². The fourth-order valence-corrected chi connectivity index (χ4v) is 3.34. The van der Waals surface area contributed by atoms with Crippen LogP contribution in [0, 0.1) is 5.92 Å². The summed E-state index contributed by atoms with van der Waals surface area (Å²) in [7, 11) is -1.33. The van der Waals surface area contributed by atoms with Crippen molar-refractivity contribution in [1.29, 1.82) is 0 Å². The van der Waals surface area contributed by atoms with Gasteiger partial charge in [-0.25, -0.2) is 12.7 Å². The van der Waals surface area contributed by atoms with Crippen LogP contribution in [-0.4, -0.2) is 31.6 Å². The lowest BCUT2D eigenvalue weighted by atomic mass is 9.89. The summed E-state index contributed by atoms with van der Waals surface area (Å²) in [5, 5.41) is -0.300. The molecule has 3 nitrogen and oxygen atoms in total. The van der Waals surface area contributed by atoms with Crippen LogP contribution >= 0.6 is 0 Å². The molecule has 1 saturated carbocycles. The molecule has 0 spiro atoms. The van der Waals surface area contributed by atoms with Crippen LogP contribution in [0.1, 0.15) is 46.0 Å². The zero-order valence-corrected chi connectivity index (χ0v) is 10.9. The summed E-state index contributed by atoms with van der Waals surface area (Å²) < 4.78 is 25.2. The predicted octanol–water partition coefficient (Wildman–Crippen LogP) is 2.24. The van der Waals surface area contributed by atoms with Crippen LogP contribution in [-0.2, 0) is 10.0 Å². The third kappa shape index (κ3) is 3.45. The third-order valence-corrected chi connectivity index (χ3v) is 5.48. The normalized spacial score (nSPS) is 20.1. The van der Waals surface area contributed by atoms with Crippen molar-refractivity contribution >= 4 is 10.0 Å². The van der Waals surface area contributed by atoms with Gasteiger partial charge in [0.15, 0.2) is 0 Å². The van der Waals surface area contributed by atoms with Crippen molar-refractivity contribution in [3.05, 3.63) is 0 Å². The summed E-state index contributed by atoms with van der Waals surface area (Å²) in [6.45, 7) is 4.19. The quantitative estimate of drug-likeness (QED) is 0.747. The second kappa shape index (κ2) is 5.30. The van der Waals surface area contributed by atoms with Crippen molar-refractivity contribution in [3.63, 3.8) is 0 Å². The molecule has 0 aliphatic heterocycles. The molecule has 90 valence electrons. The molecular formula is C11H23NO2S. The maximum absolute atomic E-state index is 11.8. The molecule has 0 aromatic heterocycles. The standard InChI is InChI=1S/C11H23NO2S/c1-10(2)15(13,14)12(3)9-11-7-5-4-6-8-11/h10-11H,4-9H2,1-3H3. The first kappa shape index (κ1) is 13.0. The van der Waals surface area contributed by atoms with Gasteiger partial charge in [-0.15, -0.1) is 0 Å². The average Bonchev–Trinajstić information content (AvgIpc) is 2.18. The zero-order valence-electron chi connectivity index (χ0n) is 10.1. The van der Waals surface area contributed by atoms with Gasteiger partial charge in [0.2, 0.25) is 10.0 Å². The van der Waals surface area contributed by atoms with Crippen LogP contribution in [0.25, 0.3) is 0 Å². The van der Waals surface area contributed by atoms with E-state index in [9.17, 15) is 8.42 Å². The Bertz CT molecular complexity index is 279. The van der Waals surface area contributed by atoms with E-state index >= 15 is 0 Å². The van der Waals surface area contributed by atoms with Gasteiger partial charge in [-0.1, -0.05) is 19.3 Å². The predicted molar refractivity (Wildman–Crippen MR) is 63.3 cm³/mol. The Kier molecular flexibility index (Phi) is 4.59. The Labute approximate surface area is 93.9 Å². The van der Waals surface area contributed by atoms with Crippen molar-refractivity contribution in [2.75, 3.05) is 13.6 Å². The van der Waals surface area contributed by atoms with Crippen LogP contribution in [0.2, 0.25) is 0 Å². The highest BCUT2D eigenvalue weighted by Gasteiger charge is 2.25. The molecule has 0 aromatic rings. The van der Waals surface area contributed by atoms with Crippen molar-refractivity contribution in [2.24, 2.45) is 5.92 Å². The molecule has 0 amide bonds. The van der Waals surface area contributed by atoms with Gasteiger partial charge in [-0.05, 0) is 32.6 Å². The van der Waals surface area contributed by atoms with E-state index < -0.39 is 10.0 Å². The lowest BCUT2D eigenvalue weighted by Gasteiger charge is -2.27. The van der Waals surface area contributed by atoms with Crippen LogP contribution in [0.3, 0.4) is 0 Å². The maximum atomic E-state index is 11.8. The summed E-state index contributed by atoms with van der Waals surface area (Å²) in [5.41, 5.74) is 0. The summed E-state index contributed by atoms with van der Waals surface area (Å²) in [6, 6.07) is 0. The molecule has 4 heteroatoms. The van der Waals surface area contributed by atoms with Gasteiger partial charge < -0.3 is 0 Å². The topological polar surface area (TPSA) is 37.4 Å². The lowest BCUT2D eigenvalue weighted by Crippen LogP contribution is -2.37. The summed E-state index contributed by atoms with van der Waals surface area (Å²) in [5.74, 6) is 0.581. The molecule has 15 heavy (non-hydrogen) atoms. The van der Waals surface area contributed by atoms with Crippen LogP contribution in [0.4, 0.5) is 0 Å². The first-order valence-electron chi connectivity index (χ1n) is 5.89. The molecule has 1 aliphatic rings. The first-order chi connectivity index (χ1) is 6.94. The highest BCUT2D eigenvalue weighted by atomic mass is 32.2. The minimum atomic E-state index is -3.04. The summed E-state index contributed by atoms with van der Waals surface area (Å²) in [6.07, 6.45) is 6.23. The van der Waals surface area contributed by atoms with E-state index in [2.05, 4.69) is 0 Å². The highest BCUT2D eigenvalue weighted by Crippen LogP contribution is 2.25. The van der Waals surface area contributed by atoms with E-state index in [1.165, 1.54) is 32.1 Å². The minimum absolute atomic E-state index is 0.300. The van der Waals surface area contributed by atoms with Crippen LogP contribution in [0.15, 0.2) is 0 Å². The fraction of sp³-hybridized carbons (Fsp3) is 1.00. The van der Waals surface area contributed by atoms with E-state index in [0.717, 1.165) is 0 Å². The van der Waals surface area contributed by atoms with Crippen LogP contribution < -0.4 is 0 Å². The summed E-state index contributed by atoms with van der Waals surface area (Å²) >= 11 is 0. The Balaban J connectivity index is 2.50. The lowest BCUT2D eigenvalue weighted by molar-refractivity contribution is 0.299. The van der Waals surface area contributed by atoms with Crippen molar-refractivity contribution in [3.8, 4) is 0 Å². The number of nitrogens with zero attached hydrogens (tertiary/aromatic N) is 1. The van der Waals surface area contributed by atoms with Gasteiger partial charge in [-0.2, -0.15) is 0 Å². The SMILES string of the molecule is CC(C)S(=O)(=O)N(C)CC1CCCCC1. The summed E-state index contributed by atoms with van der Waals surface area (Å²) in [4.78, 5) is 0. The second-order valence-electron chi connectivity index (χ2n) is 4.88. The zero-order chi connectivity index (χ0) is 11.5. The van der Waals surface area contributed by atoms with Crippen molar-refractivity contribution in [1.82, 2.24) is 4.31 Å². The Morgan fingerprint density at radius 1 is 1.20 bits per heavy atom. The number of rotatable bonds is 4. The highest BCUT2D eigenvalue weighted by molar-refractivity contribution is 7.89. The molecule has 0 atom stereocenters. The van der Waals surface area contributed by atoms with Gasteiger partial charge in [0, 0.05) is 13.6 Å². The largest absolute Gasteiger partial charge is 0.216 e. The molecule has 0 aromatic carbocycles. The van der Waals surface area contributed by atoms with E-state index in [1.807, 2.05) is 0 Å². The van der Waals surface area contributed by atoms with Gasteiger partial charge in [0.1, 0.15) is 0 Å². The molecule has 0 radical (unpaired) electrons. The van der Waals surface area contributed by atoms with E-state index in [1.54, 1.807) is 25.2 Å². The molecule has 0 unspecified atom stereocenters. The Morgan fingerprint density at radius 3 is 2.20 bits per heavy atom. The minimum Gasteiger partial charge on any atom is -0.212 e.